The molecule has 1 aliphatic heterocycles. The number of hydrogen-bond donors (Lipinski definition) is 0. The highest BCUT2D eigenvalue weighted by molar-refractivity contribution is 6.07. The van der Waals surface area contributed by atoms with E-state index >= 15 is 0 Å². The number of nitrogens with zero attached hydrogens (tertiary/aromatic N) is 4. The van der Waals surface area contributed by atoms with Gasteiger partial charge in [0.2, 0.25) is 11.7 Å². The minimum absolute atomic E-state index is 0.00324. The maximum atomic E-state index is 13.2. The van der Waals surface area contributed by atoms with E-state index in [1.54, 1.807) is 0 Å². The fraction of sp³-hybridized carbons (Fsp3) is 0.269. The molecule has 0 saturated carbocycles. The van der Waals surface area contributed by atoms with Crippen LogP contribution in [0.1, 0.15) is 34.8 Å². The number of fused-ring (bicyclic) bond motifs is 1. The molecule has 1 fully saturated rings. The quantitative estimate of drug-likeness (QED) is 0.473. The second kappa shape index (κ2) is 8.55. The Kier molecular flexibility index (Phi) is 5.45. The van der Waals surface area contributed by atoms with Gasteiger partial charge in [-0.2, -0.15) is 4.98 Å². The van der Waals surface area contributed by atoms with E-state index in [4.69, 9.17) is 4.52 Å². The van der Waals surface area contributed by atoms with Crippen molar-refractivity contribution in [1.29, 1.82) is 0 Å². The molecule has 0 aliphatic carbocycles. The number of amides is 1. The molecule has 0 unspecified atom stereocenters. The molecular formula is C26H26N4O2. The first kappa shape index (κ1) is 20.4. The molecule has 5 rings (SSSR count). The summed E-state index contributed by atoms with van der Waals surface area (Å²) in [5.74, 6) is 1.31. The number of benzene rings is 3. The Morgan fingerprint density at radius 2 is 1.66 bits per heavy atom. The number of carbonyl (C=O) groups excluding carboxylic acids is 1. The van der Waals surface area contributed by atoms with Crippen LogP contribution in [-0.4, -0.2) is 52.0 Å². The Hall–Kier alpha value is -3.51. The molecule has 0 spiro atoms. The van der Waals surface area contributed by atoms with Gasteiger partial charge < -0.3 is 9.42 Å². The molecule has 6 heteroatoms. The van der Waals surface area contributed by atoms with Crippen LogP contribution in [0.25, 0.3) is 22.2 Å². The summed E-state index contributed by atoms with van der Waals surface area (Å²) in [4.78, 5) is 22.1. The number of hydrogen-bond acceptors (Lipinski definition) is 5. The van der Waals surface area contributed by atoms with Gasteiger partial charge in [0, 0.05) is 37.3 Å². The van der Waals surface area contributed by atoms with Crippen LogP contribution in [0.4, 0.5) is 0 Å². The molecule has 1 aliphatic rings. The smallest absolute Gasteiger partial charge is 0.254 e. The molecule has 1 amide bonds. The van der Waals surface area contributed by atoms with Crippen molar-refractivity contribution in [2.45, 2.75) is 19.9 Å². The first-order valence-electron chi connectivity index (χ1n) is 11.0. The van der Waals surface area contributed by atoms with Crippen molar-refractivity contribution in [3.63, 3.8) is 0 Å². The zero-order valence-corrected chi connectivity index (χ0v) is 18.4. The van der Waals surface area contributed by atoms with Crippen LogP contribution in [0, 0.1) is 6.92 Å². The Balaban J connectivity index is 1.25. The predicted molar refractivity (Wildman–Crippen MR) is 124 cm³/mol. The molecule has 1 aromatic heterocycles. The van der Waals surface area contributed by atoms with Crippen molar-refractivity contribution < 1.29 is 9.32 Å². The second-order valence-corrected chi connectivity index (χ2v) is 8.35. The second-order valence-electron chi connectivity index (χ2n) is 8.35. The largest absolute Gasteiger partial charge is 0.337 e. The number of piperazine rings is 1. The molecule has 162 valence electrons. The standard InChI is InChI=1S/C26H26N4O2/c1-18-10-12-21(13-11-18)24-27-25(32-28-24)19(2)29-14-16-30(17-15-29)26(31)23-9-5-7-20-6-3-4-8-22(20)23/h3-13,19H,14-17H2,1-2H3/t19-/m0/s1. The first-order valence-corrected chi connectivity index (χ1v) is 11.0. The lowest BCUT2D eigenvalue weighted by molar-refractivity contribution is 0.0553. The van der Waals surface area contributed by atoms with E-state index in [9.17, 15) is 4.79 Å². The van der Waals surface area contributed by atoms with E-state index in [1.165, 1.54) is 5.56 Å². The SMILES string of the molecule is Cc1ccc(-c2noc([C@H](C)N3CCN(C(=O)c4cccc5ccccc45)CC3)n2)cc1. The molecule has 0 bridgehead atoms. The van der Waals surface area contributed by atoms with E-state index in [2.05, 4.69) is 28.9 Å². The lowest BCUT2D eigenvalue weighted by Gasteiger charge is -2.37. The molecule has 32 heavy (non-hydrogen) atoms. The molecule has 0 radical (unpaired) electrons. The van der Waals surface area contributed by atoms with E-state index < -0.39 is 0 Å². The number of rotatable bonds is 4. The van der Waals surface area contributed by atoms with Crippen LogP contribution in [0.15, 0.2) is 71.3 Å². The fourth-order valence-corrected chi connectivity index (χ4v) is 4.28. The van der Waals surface area contributed by atoms with Crippen LogP contribution < -0.4 is 0 Å². The lowest BCUT2D eigenvalue weighted by atomic mass is 10.0. The van der Waals surface area contributed by atoms with Crippen LogP contribution in [-0.2, 0) is 0 Å². The highest BCUT2D eigenvalue weighted by atomic mass is 16.5. The van der Waals surface area contributed by atoms with Gasteiger partial charge in [-0.05, 0) is 30.7 Å². The van der Waals surface area contributed by atoms with E-state index in [-0.39, 0.29) is 11.9 Å². The van der Waals surface area contributed by atoms with Gasteiger partial charge in [-0.1, -0.05) is 71.4 Å². The van der Waals surface area contributed by atoms with Crippen molar-refractivity contribution in [3.8, 4) is 11.4 Å². The summed E-state index contributed by atoms with van der Waals surface area (Å²) in [7, 11) is 0. The maximum Gasteiger partial charge on any atom is 0.254 e. The molecule has 4 aromatic rings. The molecule has 3 aromatic carbocycles. The molecule has 6 nitrogen and oxygen atoms in total. The lowest BCUT2D eigenvalue weighted by Crippen LogP contribution is -2.49. The summed E-state index contributed by atoms with van der Waals surface area (Å²) in [5.41, 5.74) is 2.91. The van der Waals surface area contributed by atoms with Crippen LogP contribution in [0.3, 0.4) is 0 Å². The van der Waals surface area contributed by atoms with Gasteiger partial charge in [-0.25, -0.2) is 0 Å². The normalized spacial score (nSPS) is 15.8. The molecule has 1 atom stereocenters. The summed E-state index contributed by atoms with van der Waals surface area (Å²) in [6, 6.07) is 22.0. The number of aryl methyl sites for hydroxylation is 1. The Morgan fingerprint density at radius 3 is 2.44 bits per heavy atom. The summed E-state index contributed by atoms with van der Waals surface area (Å²) in [5, 5.41) is 6.26. The zero-order valence-electron chi connectivity index (χ0n) is 18.4. The summed E-state index contributed by atoms with van der Waals surface area (Å²) >= 11 is 0. The minimum atomic E-state index is -0.00324. The maximum absolute atomic E-state index is 13.2. The monoisotopic (exact) mass is 426 g/mol. The van der Waals surface area contributed by atoms with Gasteiger partial charge in [0.1, 0.15) is 0 Å². The Labute approximate surface area is 187 Å². The fourth-order valence-electron chi connectivity index (χ4n) is 4.28. The average molecular weight is 427 g/mol. The van der Waals surface area contributed by atoms with Gasteiger partial charge in [-0.15, -0.1) is 0 Å². The van der Waals surface area contributed by atoms with Crippen LogP contribution in [0.2, 0.25) is 0 Å². The van der Waals surface area contributed by atoms with Gasteiger partial charge in [-0.3, -0.25) is 9.69 Å². The topological polar surface area (TPSA) is 62.5 Å². The highest BCUT2D eigenvalue weighted by Crippen LogP contribution is 2.25. The van der Waals surface area contributed by atoms with Crippen molar-refractivity contribution in [2.75, 3.05) is 26.2 Å². The summed E-state index contributed by atoms with van der Waals surface area (Å²) in [6.07, 6.45) is 0. The third-order valence-corrected chi connectivity index (χ3v) is 6.28. The van der Waals surface area contributed by atoms with Crippen molar-refractivity contribution in [1.82, 2.24) is 19.9 Å². The van der Waals surface area contributed by atoms with Crippen LogP contribution in [0.5, 0.6) is 0 Å². The van der Waals surface area contributed by atoms with Gasteiger partial charge in [0.25, 0.3) is 5.91 Å². The van der Waals surface area contributed by atoms with Crippen molar-refractivity contribution >= 4 is 16.7 Å². The van der Waals surface area contributed by atoms with Gasteiger partial charge in [0.05, 0.1) is 6.04 Å². The minimum Gasteiger partial charge on any atom is -0.337 e. The molecule has 2 heterocycles. The van der Waals surface area contributed by atoms with Crippen LogP contribution >= 0.6 is 0 Å². The Morgan fingerprint density at radius 1 is 0.938 bits per heavy atom. The van der Waals surface area contributed by atoms with Gasteiger partial charge in [0.15, 0.2) is 0 Å². The summed E-state index contributed by atoms with van der Waals surface area (Å²) in [6.45, 7) is 7.00. The predicted octanol–water partition coefficient (Wildman–Crippen LogP) is 4.72. The van der Waals surface area contributed by atoms with E-state index in [0.717, 1.165) is 35.0 Å². The molecule has 0 N–H and O–H groups in total. The van der Waals surface area contributed by atoms with E-state index in [0.29, 0.717) is 24.8 Å². The average Bonchev–Trinajstić information content (AvgIpc) is 3.34. The summed E-state index contributed by atoms with van der Waals surface area (Å²) < 4.78 is 5.57. The first-order chi connectivity index (χ1) is 15.6. The van der Waals surface area contributed by atoms with Gasteiger partial charge >= 0.3 is 0 Å². The number of aromatic nitrogens is 2. The van der Waals surface area contributed by atoms with Crippen molar-refractivity contribution in [3.05, 3.63) is 83.7 Å². The zero-order chi connectivity index (χ0) is 22.1. The van der Waals surface area contributed by atoms with E-state index in [1.807, 2.05) is 71.6 Å². The third-order valence-electron chi connectivity index (χ3n) is 6.28. The molecular weight excluding hydrogens is 400 g/mol. The third kappa shape index (κ3) is 3.89. The Bertz CT molecular complexity index is 1230. The number of carbonyl (C=O) groups is 1. The highest BCUT2D eigenvalue weighted by Gasteiger charge is 2.28. The molecule has 1 saturated heterocycles. The van der Waals surface area contributed by atoms with Crippen molar-refractivity contribution in [2.24, 2.45) is 0 Å².